The molecule has 0 aliphatic rings. The summed E-state index contributed by atoms with van der Waals surface area (Å²) in [5, 5.41) is 0. The third kappa shape index (κ3) is 2.15. The van der Waals surface area contributed by atoms with Crippen LogP contribution in [-0.2, 0) is 4.79 Å². The lowest BCUT2D eigenvalue weighted by atomic mass is 9.92. The topological polar surface area (TPSA) is 17.1 Å². The Morgan fingerprint density at radius 3 is 1.56 bits per heavy atom. The minimum atomic E-state index is -1.26. The van der Waals surface area contributed by atoms with Crippen LogP contribution >= 0.6 is 23.2 Å². The summed E-state index contributed by atoms with van der Waals surface area (Å²) in [6, 6.07) is 0. The van der Waals surface area contributed by atoms with Gasteiger partial charge in [0.15, 0.2) is 10.6 Å². The van der Waals surface area contributed by atoms with Crippen LogP contribution in [0.15, 0.2) is 0 Å². The van der Waals surface area contributed by atoms with E-state index in [2.05, 4.69) is 0 Å². The Kier molecular flexibility index (Phi) is 2.54. The van der Waals surface area contributed by atoms with Gasteiger partial charge < -0.3 is 0 Å². The minimum absolute atomic E-state index is 0.391. The van der Waals surface area contributed by atoms with E-state index in [1.807, 2.05) is 0 Å². The van der Waals surface area contributed by atoms with Crippen molar-refractivity contribution < 1.29 is 4.79 Å². The highest BCUT2D eigenvalue weighted by Crippen LogP contribution is 2.37. The number of halogens is 2. The summed E-state index contributed by atoms with van der Waals surface area (Å²) in [4.78, 5) is 10.2. The Morgan fingerprint density at radius 1 is 1.22 bits per heavy atom. The maximum atomic E-state index is 10.2. The lowest BCUT2D eigenvalue weighted by Crippen LogP contribution is -2.32. The van der Waals surface area contributed by atoms with Crippen LogP contribution in [0.3, 0.4) is 0 Å². The van der Waals surface area contributed by atoms with E-state index in [0.717, 1.165) is 0 Å². The maximum Gasteiger partial charge on any atom is 0.177 e. The normalized spacial score (nSPS) is 13.4. The van der Waals surface area contributed by atoms with Gasteiger partial charge in [0, 0.05) is 5.41 Å². The molecule has 0 amide bonds. The average molecular weight is 169 g/mol. The Hall–Kier alpha value is 0.250. The van der Waals surface area contributed by atoms with Crippen molar-refractivity contribution in [2.24, 2.45) is 5.41 Å². The number of carbonyl (C=O) groups excluding carboxylic acids is 1. The molecule has 0 atom stereocenters. The van der Waals surface area contributed by atoms with Gasteiger partial charge in [-0.25, -0.2) is 0 Å². The standard InChI is InChI=1S/C6H10Cl2O/c1-5(2,3)6(7,8)4-9/h4H,1-3H3. The van der Waals surface area contributed by atoms with Crippen LogP contribution in [0, 0.1) is 5.41 Å². The van der Waals surface area contributed by atoms with E-state index in [1.165, 1.54) is 0 Å². The van der Waals surface area contributed by atoms with Crippen molar-refractivity contribution >= 4 is 29.5 Å². The highest BCUT2D eigenvalue weighted by molar-refractivity contribution is 6.56. The third-order valence-corrected chi connectivity index (χ3v) is 2.46. The number of alkyl halides is 2. The lowest BCUT2D eigenvalue weighted by Gasteiger charge is -2.28. The fourth-order valence-electron chi connectivity index (χ4n) is 0.177. The molecule has 0 aliphatic carbocycles. The summed E-state index contributed by atoms with van der Waals surface area (Å²) >= 11 is 11.2. The zero-order valence-electron chi connectivity index (χ0n) is 5.74. The van der Waals surface area contributed by atoms with Crippen LogP contribution in [0.25, 0.3) is 0 Å². The molecule has 9 heavy (non-hydrogen) atoms. The van der Waals surface area contributed by atoms with Gasteiger partial charge in [-0.05, 0) is 0 Å². The molecule has 3 heteroatoms. The van der Waals surface area contributed by atoms with Gasteiger partial charge in [-0.15, -0.1) is 0 Å². The first-order valence-electron chi connectivity index (χ1n) is 2.65. The minimum Gasteiger partial charge on any atom is -0.300 e. The summed E-state index contributed by atoms with van der Waals surface area (Å²) in [7, 11) is 0. The molecule has 0 spiro atoms. The molecule has 0 aromatic carbocycles. The summed E-state index contributed by atoms with van der Waals surface area (Å²) < 4.78 is -1.26. The third-order valence-electron chi connectivity index (χ3n) is 1.15. The number of carbonyl (C=O) groups is 1. The fraction of sp³-hybridized carbons (Fsp3) is 0.833. The van der Waals surface area contributed by atoms with Crippen LogP contribution in [0.5, 0.6) is 0 Å². The van der Waals surface area contributed by atoms with Crippen molar-refractivity contribution in [1.29, 1.82) is 0 Å². The van der Waals surface area contributed by atoms with E-state index in [9.17, 15) is 4.79 Å². The van der Waals surface area contributed by atoms with E-state index >= 15 is 0 Å². The first kappa shape index (κ1) is 9.25. The SMILES string of the molecule is CC(C)(C)C(Cl)(Cl)C=O. The van der Waals surface area contributed by atoms with Crippen molar-refractivity contribution in [2.75, 3.05) is 0 Å². The van der Waals surface area contributed by atoms with E-state index in [0.29, 0.717) is 6.29 Å². The lowest BCUT2D eigenvalue weighted by molar-refractivity contribution is -0.110. The maximum absolute atomic E-state index is 10.2. The Labute approximate surface area is 65.3 Å². The van der Waals surface area contributed by atoms with Gasteiger partial charge in [-0.1, -0.05) is 44.0 Å². The second-order valence-corrected chi connectivity index (χ2v) is 4.38. The van der Waals surface area contributed by atoms with Crippen LogP contribution in [-0.4, -0.2) is 10.6 Å². The van der Waals surface area contributed by atoms with Crippen molar-refractivity contribution in [3.05, 3.63) is 0 Å². The molecule has 0 bridgehead atoms. The molecule has 0 N–H and O–H groups in total. The molecule has 0 rings (SSSR count). The Morgan fingerprint density at radius 2 is 1.56 bits per heavy atom. The molecule has 0 radical (unpaired) electrons. The van der Waals surface area contributed by atoms with Crippen LogP contribution in [0.1, 0.15) is 20.8 Å². The molecule has 0 saturated carbocycles. The molecule has 0 heterocycles. The van der Waals surface area contributed by atoms with Gasteiger partial charge in [0.25, 0.3) is 0 Å². The van der Waals surface area contributed by atoms with Gasteiger partial charge in [0.2, 0.25) is 0 Å². The quantitative estimate of drug-likeness (QED) is 0.435. The fourth-order valence-corrected chi connectivity index (χ4v) is 0.177. The molecular weight excluding hydrogens is 159 g/mol. The number of hydrogen-bond acceptors (Lipinski definition) is 1. The summed E-state index contributed by atoms with van der Waals surface area (Å²) in [6.07, 6.45) is 0.552. The highest BCUT2D eigenvalue weighted by Gasteiger charge is 2.37. The molecule has 0 aromatic heterocycles. The first-order chi connectivity index (χ1) is 3.81. The molecule has 0 saturated heterocycles. The second-order valence-electron chi connectivity index (χ2n) is 2.99. The molecule has 0 unspecified atom stereocenters. The summed E-state index contributed by atoms with van der Waals surface area (Å²) in [6.45, 7) is 5.42. The van der Waals surface area contributed by atoms with Crippen LogP contribution in [0.2, 0.25) is 0 Å². The van der Waals surface area contributed by atoms with Gasteiger partial charge in [0.05, 0.1) is 0 Å². The number of hydrogen-bond donors (Lipinski definition) is 0. The van der Waals surface area contributed by atoms with Crippen molar-refractivity contribution in [2.45, 2.75) is 25.1 Å². The van der Waals surface area contributed by atoms with E-state index < -0.39 is 9.75 Å². The summed E-state index contributed by atoms with van der Waals surface area (Å²) in [5.74, 6) is 0. The predicted octanol–water partition coefficient (Wildman–Crippen LogP) is 2.41. The monoisotopic (exact) mass is 168 g/mol. The molecule has 0 fully saturated rings. The first-order valence-corrected chi connectivity index (χ1v) is 3.41. The largest absolute Gasteiger partial charge is 0.300 e. The molecule has 0 aromatic rings. The van der Waals surface area contributed by atoms with Gasteiger partial charge in [0.1, 0.15) is 0 Å². The Bertz CT molecular complexity index is 113. The number of aldehydes is 1. The van der Waals surface area contributed by atoms with E-state index in [4.69, 9.17) is 23.2 Å². The van der Waals surface area contributed by atoms with Gasteiger partial charge in [-0.2, -0.15) is 0 Å². The van der Waals surface area contributed by atoms with Crippen LogP contribution < -0.4 is 0 Å². The van der Waals surface area contributed by atoms with E-state index in [1.54, 1.807) is 20.8 Å². The van der Waals surface area contributed by atoms with Crippen LogP contribution in [0.4, 0.5) is 0 Å². The highest BCUT2D eigenvalue weighted by atomic mass is 35.5. The van der Waals surface area contributed by atoms with Crippen molar-refractivity contribution in [3.63, 3.8) is 0 Å². The van der Waals surface area contributed by atoms with E-state index in [-0.39, 0.29) is 0 Å². The zero-order valence-corrected chi connectivity index (χ0v) is 7.25. The predicted molar refractivity (Wildman–Crippen MR) is 40.0 cm³/mol. The molecule has 54 valence electrons. The average Bonchev–Trinajstić information content (AvgIpc) is 1.64. The van der Waals surface area contributed by atoms with Crippen molar-refractivity contribution in [3.8, 4) is 0 Å². The molecule has 0 aliphatic heterocycles. The van der Waals surface area contributed by atoms with Gasteiger partial charge >= 0.3 is 0 Å². The number of rotatable bonds is 1. The van der Waals surface area contributed by atoms with Gasteiger partial charge in [-0.3, -0.25) is 4.79 Å². The Balaban J connectivity index is 4.32. The smallest absolute Gasteiger partial charge is 0.177 e. The zero-order chi connectivity index (χ0) is 7.71. The molecule has 1 nitrogen and oxygen atoms in total. The van der Waals surface area contributed by atoms with Crippen molar-refractivity contribution in [1.82, 2.24) is 0 Å². The molecular formula is C6H10Cl2O. The summed E-state index contributed by atoms with van der Waals surface area (Å²) in [5.41, 5.74) is -0.391. The second kappa shape index (κ2) is 2.47.